The minimum atomic E-state index is -0.137. The molecule has 8 rings (SSSR count). The highest BCUT2D eigenvalue weighted by Gasteiger charge is 2.26. The van der Waals surface area contributed by atoms with Gasteiger partial charge in [0, 0.05) is 22.9 Å². The molecule has 0 saturated heterocycles. The van der Waals surface area contributed by atoms with Gasteiger partial charge in [-0.15, -0.1) is 0 Å². The summed E-state index contributed by atoms with van der Waals surface area (Å²) in [5.41, 5.74) is 18.1. The number of benzene rings is 6. The number of nitrogens with zero attached hydrogens (tertiary/aromatic N) is 3. The van der Waals surface area contributed by atoms with Gasteiger partial charge < -0.3 is 5.11 Å². The molecule has 0 radical (unpaired) electrons. The zero-order chi connectivity index (χ0) is 45.7. The van der Waals surface area contributed by atoms with Crippen molar-refractivity contribution in [2.24, 2.45) is 5.92 Å². The monoisotopic (exact) mass is 844 g/mol. The van der Waals surface area contributed by atoms with E-state index in [-0.39, 0.29) is 28.4 Å². The summed E-state index contributed by atoms with van der Waals surface area (Å²) in [6, 6.07) is 48.6. The molecule has 0 spiro atoms. The topological polar surface area (TPSA) is 50.9 Å². The number of hydrogen-bond donors (Lipinski definition) is 1. The lowest BCUT2D eigenvalue weighted by Gasteiger charge is -2.22. The third kappa shape index (κ3) is 8.93. The van der Waals surface area contributed by atoms with Crippen molar-refractivity contribution in [3.63, 3.8) is 0 Å². The Labute approximate surface area is 382 Å². The van der Waals surface area contributed by atoms with Crippen LogP contribution in [0, 0.1) is 5.92 Å². The smallest absolute Gasteiger partial charge is 0.149 e. The average molecular weight is 844 g/mol. The third-order valence-corrected chi connectivity index (χ3v) is 12.7. The second-order valence-corrected chi connectivity index (χ2v) is 20.9. The molecular formula is C60H65N3O. The molecule has 2 heterocycles. The van der Waals surface area contributed by atoms with Crippen LogP contribution in [0.1, 0.15) is 123 Å². The van der Waals surface area contributed by atoms with Crippen LogP contribution in [-0.4, -0.2) is 19.6 Å². The fourth-order valence-electron chi connectivity index (χ4n) is 8.90. The molecule has 0 unspecified atom stereocenters. The van der Waals surface area contributed by atoms with Gasteiger partial charge in [0.2, 0.25) is 0 Å². The number of aromatic nitrogens is 3. The molecule has 64 heavy (non-hydrogen) atoms. The van der Waals surface area contributed by atoms with Crippen molar-refractivity contribution in [2.75, 3.05) is 0 Å². The van der Waals surface area contributed by atoms with E-state index in [0.29, 0.717) is 5.92 Å². The van der Waals surface area contributed by atoms with Gasteiger partial charge >= 0.3 is 0 Å². The van der Waals surface area contributed by atoms with Crippen LogP contribution in [0.3, 0.4) is 0 Å². The first kappa shape index (κ1) is 44.4. The third-order valence-electron chi connectivity index (χ3n) is 12.7. The summed E-state index contributed by atoms with van der Waals surface area (Å²) in [7, 11) is 0. The highest BCUT2D eigenvalue weighted by molar-refractivity contribution is 5.98. The van der Waals surface area contributed by atoms with E-state index in [1.165, 1.54) is 27.8 Å². The van der Waals surface area contributed by atoms with Crippen molar-refractivity contribution in [3.8, 4) is 67.5 Å². The number of fused-ring (bicyclic) bond motifs is 1. The summed E-state index contributed by atoms with van der Waals surface area (Å²) >= 11 is 0. The summed E-state index contributed by atoms with van der Waals surface area (Å²) in [5, 5.41) is 12.3. The van der Waals surface area contributed by atoms with Gasteiger partial charge in [0.1, 0.15) is 11.6 Å². The van der Waals surface area contributed by atoms with Gasteiger partial charge in [-0.2, -0.15) is 0 Å². The lowest BCUT2D eigenvalue weighted by Crippen LogP contribution is -2.11. The molecule has 8 aromatic rings. The maximum absolute atomic E-state index is 12.3. The van der Waals surface area contributed by atoms with E-state index >= 15 is 0 Å². The molecule has 1 N–H and O–H groups in total. The van der Waals surface area contributed by atoms with E-state index in [1.54, 1.807) is 0 Å². The lowest BCUT2D eigenvalue weighted by molar-refractivity contribution is 0.466. The van der Waals surface area contributed by atoms with Crippen LogP contribution in [0.4, 0.5) is 0 Å². The van der Waals surface area contributed by atoms with Crippen molar-refractivity contribution < 1.29 is 5.11 Å². The summed E-state index contributed by atoms with van der Waals surface area (Å²) in [5.74, 6) is 1.89. The van der Waals surface area contributed by atoms with Gasteiger partial charge in [0.25, 0.3) is 0 Å². The fourth-order valence-corrected chi connectivity index (χ4v) is 8.90. The van der Waals surface area contributed by atoms with E-state index in [0.717, 1.165) is 79.2 Å². The molecule has 0 aliphatic rings. The lowest BCUT2D eigenvalue weighted by atomic mass is 9.83. The van der Waals surface area contributed by atoms with Gasteiger partial charge in [-0.1, -0.05) is 168 Å². The summed E-state index contributed by atoms with van der Waals surface area (Å²) < 4.78 is 2.30. The molecule has 4 heteroatoms. The Bertz CT molecular complexity index is 2950. The Kier molecular flexibility index (Phi) is 12.0. The number of aromatic hydroxyl groups is 1. The van der Waals surface area contributed by atoms with Gasteiger partial charge in [-0.05, 0) is 134 Å². The number of hydrogen-bond acceptors (Lipinski definition) is 3. The Balaban J connectivity index is 1.40. The van der Waals surface area contributed by atoms with Crippen molar-refractivity contribution in [2.45, 2.75) is 112 Å². The Morgan fingerprint density at radius 2 is 1.25 bits per heavy atom. The largest absolute Gasteiger partial charge is 0.507 e. The summed E-state index contributed by atoms with van der Waals surface area (Å²) in [6.45, 7) is 26.9. The van der Waals surface area contributed by atoms with E-state index < -0.39 is 0 Å². The zero-order valence-electron chi connectivity index (χ0n) is 40.0. The second kappa shape index (κ2) is 17.4. The molecule has 0 fully saturated rings. The van der Waals surface area contributed by atoms with Crippen LogP contribution in [0.25, 0.3) is 72.7 Å². The van der Waals surface area contributed by atoms with Crippen LogP contribution in [-0.2, 0) is 17.3 Å². The summed E-state index contributed by atoms with van der Waals surface area (Å²) in [6.07, 6.45) is 2.91. The molecule has 326 valence electrons. The van der Waals surface area contributed by atoms with Gasteiger partial charge in [-0.25, -0.2) is 4.98 Å². The fraction of sp³-hybridized carbons (Fsp3) is 0.300. The maximum atomic E-state index is 12.3. The first-order valence-electron chi connectivity index (χ1n) is 23.2. The average Bonchev–Trinajstić information content (AvgIpc) is 3.65. The molecule has 6 aromatic carbocycles. The van der Waals surface area contributed by atoms with E-state index in [1.807, 2.05) is 6.20 Å². The molecule has 0 atom stereocenters. The van der Waals surface area contributed by atoms with Crippen LogP contribution in [0.2, 0.25) is 0 Å². The Morgan fingerprint density at radius 3 is 1.91 bits per heavy atom. The highest BCUT2D eigenvalue weighted by Crippen LogP contribution is 2.44. The SMILES string of the molecule is CC(C)Cc1ccc(-n2c(-c3cc(C(C)C)cc(C(C)C)c3O)nc3c(-c4cc(-c5cc(-c6ccc(C(C)(C)C)cc6)ccn5)cc(C(C)(C)C)c4)cccc32)c(-c2ccccc2)c1. The van der Waals surface area contributed by atoms with E-state index in [9.17, 15) is 5.11 Å². The van der Waals surface area contributed by atoms with Gasteiger partial charge in [0.15, 0.2) is 0 Å². The molecule has 0 aliphatic carbocycles. The van der Waals surface area contributed by atoms with Crippen molar-refractivity contribution >= 4 is 11.0 Å². The minimum absolute atomic E-state index is 0.0863. The second-order valence-electron chi connectivity index (χ2n) is 20.9. The van der Waals surface area contributed by atoms with Gasteiger partial charge in [-0.3, -0.25) is 9.55 Å². The van der Waals surface area contributed by atoms with Crippen molar-refractivity contribution in [3.05, 3.63) is 167 Å². The number of pyridine rings is 1. The van der Waals surface area contributed by atoms with E-state index in [4.69, 9.17) is 9.97 Å². The highest BCUT2D eigenvalue weighted by atomic mass is 16.3. The minimum Gasteiger partial charge on any atom is -0.507 e. The van der Waals surface area contributed by atoms with Crippen LogP contribution in [0.5, 0.6) is 5.75 Å². The number of phenolic OH excluding ortho intramolecular Hbond substituents is 1. The number of imidazole rings is 1. The molecule has 0 aliphatic heterocycles. The normalized spacial score (nSPS) is 12.3. The molecule has 4 nitrogen and oxygen atoms in total. The number of para-hydroxylation sites is 1. The number of phenols is 1. The van der Waals surface area contributed by atoms with E-state index in [2.05, 4.69) is 221 Å². The quantitative estimate of drug-likeness (QED) is 0.149. The predicted molar refractivity (Wildman–Crippen MR) is 272 cm³/mol. The van der Waals surface area contributed by atoms with Gasteiger partial charge in [0.05, 0.1) is 28.0 Å². The molecule has 0 bridgehead atoms. The Hall–Kier alpha value is -6.26. The standard InChI is InChI=1S/C60H65N3O/c1-37(2)29-40-21-26-54(51(30-40)42-17-14-13-15-18-42)63-55-20-16-19-49(56(55)62-58(63)52-35-44(38(3)4)34-50(39(5)6)57(52)64)45-31-46(33-48(32-45)60(10,11)12)53-36-43(27-28-61-53)41-22-24-47(25-23-41)59(7,8)9/h13-28,30-39,64H,29H2,1-12H3. The number of rotatable bonds is 10. The molecular weight excluding hydrogens is 779 g/mol. The summed E-state index contributed by atoms with van der Waals surface area (Å²) in [4.78, 5) is 10.6. The molecule has 0 amide bonds. The van der Waals surface area contributed by atoms with Crippen LogP contribution < -0.4 is 0 Å². The van der Waals surface area contributed by atoms with Crippen molar-refractivity contribution in [1.82, 2.24) is 14.5 Å². The van der Waals surface area contributed by atoms with Crippen LogP contribution in [0.15, 0.2) is 140 Å². The first-order valence-corrected chi connectivity index (χ1v) is 23.2. The van der Waals surface area contributed by atoms with Crippen LogP contribution >= 0.6 is 0 Å². The molecule has 0 saturated carbocycles. The molecule has 2 aromatic heterocycles. The first-order chi connectivity index (χ1) is 30.4. The maximum Gasteiger partial charge on any atom is 0.149 e. The predicted octanol–water partition coefficient (Wildman–Crippen LogP) is 16.5. The zero-order valence-corrected chi connectivity index (χ0v) is 40.0. The van der Waals surface area contributed by atoms with Crippen molar-refractivity contribution in [1.29, 1.82) is 0 Å². The Morgan fingerprint density at radius 1 is 0.547 bits per heavy atom.